The zero-order valence-corrected chi connectivity index (χ0v) is 15.6. The van der Waals surface area contributed by atoms with Crippen LogP contribution in [0.3, 0.4) is 0 Å². The number of benzene rings is 1. The molecule has 1 aromatic carbocycles. The number of nitrogens with one attached hydrogen (secondary N) is 1. The van der Waals surface area contributed by atoms with Gasteiger partial charge in [0.25, 0.3) is 0 Å². The van der Waals surface area contributed by atoms with Crippen LogP contribution in [0.2, 0.25) is 0 Å². The first-order chi connectivity index (χ1) is 10.6. The molecule has 0 unspecified atom stereocenters. The monoisotopic (exact) mass is 385 g/mol. The number of hydrogen-bond donors (Lipinski definition) is 1. The standard InChI is InChI=1S/C17H24BrNO2S/c1-12-5-3-4-6-15(12)19-17(20)11-22-10-13-7-8-16(21-2)14(18)9-13/h7-9,12,15H,3-6,10-11H2,1-2H3,(H,19,20)/t12-,15+/m0/s1. The van der Waals surface area contributed by atoms with Crippen molar-refractivity contribution in [3.05, 3.63) is 28.2 Å². The fourth-order valence-corrected chi connectivity index (χ4v) is 4.21. The lowest BCUT2D eigenvalue weighted by Crippen LogP contribution is -2.41. The molecule has 0 saturated heterocycles. The van der Waals surface area contributed by atoms with Crippen LogP contribution in [0, 0.1) is 5.92 Å². The summed E-state index contributed by atoms with van der Waals surface area (Å²) in [6, 6.07) is 6.41. The SMILES string of the molecule is COc1ccc(CSCC(=O)N[C@@H]2CCCC[C@@H]2C)cc1Br. The molecule has 122 valence electrons. The van der Waals surface area contributed by atoms with E-state index in [0.717, 1.165) is 22.4 Å². The molecule has 1 N–H and O–H groups in total. The van der Waals surface area contributed by atoms with Crippen molar-refractivity contribution in [2.75, 3.05) is 12.9 Å². The summed E-state index contributed by atoms with van der Waals surface area (Å²) in [5.74, 6) is 2.96. The molecule has 1 saturated carbocycles. The van der Waals surface area contributed by atoms with E-state index in [0.29, 0.717) is 17.7 Å². The van der Waals surface area contributed by atoms with E-state index in [9.17, 15) is 4.79 Å². The smallest absolute Gasteiger partial charge is 0.230 e. The number of ether oxygens (including phenoxy) is 1. The fourth-order valence-electron chi connectivity index (χ4n) is 2.84. The Bertz CT molecular complexity index is 509. The van der Waals surface area contributed by atoms with E-state index in [1.807, 2.05) is 18.2 Å². The van der Waals surface area contributed by atoms with Crippen LogP contribution in [0.1, 0.15) is 38.2 Å². The van der Waals surface area contributed by atoms with Gasteiger partial charge in [0.2, 0.25) is 5.91 Å². The summed E-state index contributed by atoms with van der Waals surface area (Å²) >= 11 is 5.14. The molecule has 3 nitrogen and oxygen atoms in total. The first kappa shape index (κ1) is 17.7. The molecule has 0 aromatic heterocycles. The fraction of sp³-hybridized carbons (Fsp3) is 0.588. The normalized spacial score (nSPS) is 21.4. The van der Waals surface area contributed by atoms with Gasteiger partial charge in [0.05, 0.1) is 17.3 Å². The lowest BCUT2D eigenvalue weighted by Gasteiger charge is -2.29. The average Bonchev–Trinajstić information content (AvgIpc) is 2.50. The van der Waals surface area contributed by atoms with E-state index in [1.54, 1.807) is 18.9 Å². The quantitative estimate of drug-likeness (QED) is 0.788. The molecule has 1 aromatic rings. The molecule has 22 heavy (non-hydrogen) atoms. The highest BCUT2D eigenvalue weighted by atomic mass is 79.9. The summed E-state index contributed by atoms with van der Waals surface area (Å²) in [6.07, 6.45) is 4.90. The summed E-state index contributed by atoms with van der Waals surface area (Å²) < 4.78 is 6.17. The number of carbonyl (C=O) groups excluding carboxylic acids is 1. The molecule has 0 aliphatic heterocycles. The van der Waals surface area contributed by atoms with Crippen molar-refractivity contribution in [3.8, 4) is 5.75 Å². The van der Waals surface area contributed by atoms with Crippen LogP contribution in [0.15, 0.2) is 22.7 Å². The molecule has 2 rings (SSSR count). The number of amides is 1. The highest BCUT2D eigenvalue weighted by molar-refractivity contribution is 9.10. The lowest BCUT2D eigenvalue weighted by atomic mass is 9.86. The maximum Gasteiger partial charge on any atom is 0.230 e. The minimum absolute atomic E-state index is 0.163. The highest BCUT2D eigenvalue weighted by Gasteiger charge is 2.22. The third-order valence-electron chi connectivity index (χ3n) is 4.18. The van der Waals surface area contributed by atoms with Crippen LogP contribution in [0.25, 0.3) is 0 Å². The second kappa shape index (κ2) is 8.82. The third-order valence-corrected chi connectivity index (χ3v) is 5.80. The molecule has 1 fully saturated rings. The third kappa shape index (κ3) is 5.20. The van der Waals surface area contributed by atoms with Crippen molar-refractivity contribution in [1.82, 2.24) is 5.32 Å². The first-order valence-corrected chi connectivity index (χ1v) is 9.74. The molecule has 1 amide bonds. The Kier molecular flexibility index (Phi) is 7.09. The van der Waals surface area contributed by atoms with E-state index in [1.165, 1.54) is 24.8 Å². The van der Waals surface area contributed by atoms with Crippen LogP contribution in [-0.4, -0.2) is 24.8 Å². The number of halogens is 1. The van der Waals surface area contributed by atoms with E-state index >= 15 is 0 Å². The van der Waals surface area contributed by atoms with Gasteiger partial charge in [-0.15, -0.1) is 11.8 Å². The Balaban J connectivity index is 1.73. The Hall–Kier alpha value is -0.680. The topological polar surface area (TPSA) is 38.3 Å². The second-order valence-corrected chi connectivity index (χ2v) is 7.74. The maximum atomic E-state index is 12.1. The van der Waals surface area contributed by atoms with Gasteiger partial charge >= 0.3 is 0 Å². The molecular weight excluding hydrogens is 362 g/mol. The van der Waals surface area contributed by atoms with Gasteiger partial charge in [-0.2, -0.15) is 0 Å². The van der Waals surface area contributed by atoms with E-state index in [-0.39, 0.29) is 5.91 Å². The lowest BCUT2D eigenvalue weighted by molar-refractivity contribution is -0.119. The van der Waals surface area contributed by atoms with Gasteiger partial charge in [0.15, 0.2) is 0 Å². The minimum Gasteiger partial charge on any atom is -0.496 e. The molecule has 2 atom stereocenters. The summed E-state index contributed by atoms with van der Waals surface area (Å²) in [6.45, 7) is 2.24. The van der Waals surface area contributed by atoms with Crippen molar-refractivity contribution in [2.24, 2.45) is 5.92 Å². The van der Waals surface area contributed by atoms with Crippen LogP contribution < -0.4 is 10.1 Å². The Labute approximate surface area is 145 Å². The number of thioether (sulfide) groups is 1. The number of hydrogen-bond acceptors (Lipinski definition) is 3. The molecule has 0 spiro atoms. The van der Waals surface area contributed by atoms with Gasteiger partial charge < -0.3 is 10.1 Å². The van der Waals surface area contributed by atoms with Crippen molar-refractivity contribution in [1.29, 1.82) is 0 Å². The summed E-state index contributed by atoms with van der Waals surface area (Å²) in [5.41, 5.74) is 1.19. The summed E-state index contributed by atoms with van der Waals surface area (Å²) in [7, 11) is 1.66. The van der Waals surface area contributed by atoms with Crippen LogP contribution >= 0.6 is 27.7 Å². The number of carbonyl (C=O) groups is 1. The largest absolute Gasteiger partial charge is 0.496 e. The average molecular weight is 386 g/mol. The second-order valence-electron chi connectivity index (χ2n) is 5.90. The first-order valence-electron chi connectivity index (χ1n) is 7.79. The summed E-state index contributed by atoms with van der Waals surface area (Å²) in [5, 5.41) is 3.20. The molecule has 5 heteroatoms. The van der Waals surface area contributed by atoms with Gasteiger partial charge in [0, 0.05) is 11.8 Å². The molecule has 1 aliphatic rings. The van der Waals surface area contributed by atoms with Crippen LogP contribution in [-0.2, 0) is 10.5 Å². The number of rotatable bonds is 6. The van der Waals surface area contributed by atoms with Crippen LogP contribution in [0.5, 0.6) is 5.75 Å². The van der Waals surface area contributed by atoms with E-state index < -0.39 is 0 Å². The number of methoxy groups -OCH3 is 1. The Morgan fingerprint density at radius 2 is 2.18 bits per heavy atom. The van der Waals surface area contributed by atoms with Gasteiger partial charge in [0.1, 0.15) is 5.75 Å². The Morgan fingerprint density at radius 1 is 1.41 bits per heavy atom. The predicted molar refractivity (Wildman–Crippen MR) is 96.4 cm³/mol. The van der Waals surface area contributed by atoms with Crippen molar-refractivity contribution in [3.63, 3.8) is 0 Å². The maximum absolute atomic E-state index is 12.1. The van der Waals surface area contributed by atoms with Crippen LogP contribution in [0.4, 0.5) is 0 Å². The zero-order chi connectivity index (χ0) is 15.9. The molecule has 0 bridgehead atoms. The predicted octanol–water partition coefficient (Wildman–Crippen LogP) is 4.39. The molecule has 1 aliphatic carbocycles. The molecular formula is C17H24BrNO2S. The summed E-state index contributed by atoms with van der Waals surface area (Å²) in [4.78, 5) is 12.1. The van der Waals surface area contributed by atoms with Gasteiger partial charge in [-0.25, -0.2) is 0 Å². The van der Waals surface area contributed by atoms with E-state index in [2.05, 4.69) is 28.2 Å². The molecule has 0 heterocycles. The van der Waals surface area contributed by atoms with Gasteiger partial charge in [-0.05, 0) is 52.4 Å². The highest BCUT2D eigenvalue weighted by Crippen LogP contribution is 2.27. The Morgan fingerprint density at radius 3 is 2.86 bits per heavy atom. The van der Waals surface area contributed by atoms with Crippen molar-refractivity contribution in [2.45, 2.75) is 44.4 Å². The minimum atomic E-state index is 0.163. The van der Waals surface area contributed by atoms with E-state index in [4.69, 9.17) is 4.74 Å². The van der Waals surface area contributed by atoms with Crippen molar-refractivity contribution < 1.29 is 9.53 Å². The van der Waals surface area contributed by atoms with Crippen molar-refractivity contribution >= 4 is 33.6 Å². The molecule has 0 radical (unpaired) electrons. The van der Waals surface area contributed by atoms with Gasteiger partial charge in [-0.1, -0.05) is 25.8 Å². The van der Waals surface area contributed by atoms with Gasteiger partial charge in [-0.3, -0.25) is 4.79 Å². The zero-order valence-electron chi connectivity index (χ0n) is 13.2.